The van der Waals surface area contributed by atoms with E-state index >= 15 is 0 Å². The van der Waals surface area contributed by atoms with Crippen molar-refractivity contribution < 1.29 is 14.6 Å². The SMILES string of the molecule is CC(=O)O.COc1cccc(/C=C/c2cc(Nc3ccnc(N)n3)cc3c2CN=C3)c1. The van der Waals surface area contributed by atoms with Crippen molar-refractivity contribution in [2.45, 2.75) is 13.5 Å². The maximum atomic E-state index is 9.00. The first kappa shape index (κ1) is 21.5. The van der Waals surface area contributed by atoms with Gasteiger partial charge in [0.2, 0.25) is 5.95 Å². The molecule has 8 nitrogen and oxygen atoms in total. The Kier molecular flexibility index (Phi) is 6.95. The smallest absolute Gasteiger partial charge is 0.300 e. The number of nitrogens with two attached hydrogens (primary N) is 1. The van der Waals surface area contributed by atoms with Crippen LogP contribution in [0.5, 0.6) is 5.75 Å². The standard InChI is InChI=1S/C21H19N5O.C2H4O2/c1-27-18-4-2-3-14(9-18)5-6-15-10-17(11-16-12-23-13-19(15)16)25-20-7-8-24-21(22)26-20;1-2(3)4/h2-12H,13H2,1H3,(H3,22,24,25,26);1H3,(H,3,4)/b6-5+;. The summed E-state index contributed by atoms with van der Waals surface area (Å²) in [6.07, 6.45) is 7.70. The maximum Gasteiger partial charge on any atom is 0.300 e. The summed E-state index contributed by atoms with van der Waals surface area (Å²) in [6.45, 7) is 1.77. The third kappa shape index (κ3) is 6.14. The highest BCUT2D eigenvalue weighted by molar-refractivity contribution is 5.90. The summed E-state index contributed by atoms with van der Waals surface area (Å²) in [5.74, 6) is 0.892. The molecule has 0 fully saturated rings. The van der Waals surface area contributed by atoms with Crippen molar-refractivity contribution in [2.75, 3.05) is 18.2 Å². The van der Waals surface area contributed by atoms with Crippen LogP contribution in [0.25, 0.3) is 12.2 Å². The van der Waals surface area contributed by atoms with E-state index in [4.69, 9.17) is 20.4 Å². The number of aromatic nitrogens is 2. The van der Waals surface area contributed by atoms with E-state index in [9.17, 15) is 0 Å². The Labute approximate surface area is 180 Å². The van der Waals surface area contributed by atoms with Crippen LogP contribution in [-0.4, -0.2) is 34.4 Å². The summed E-state index contributed by atoms with van der Waals surface area (Å²) in [5, 5.41) is 10.7. The highest BCUT2D eigenvalue weighted by atomic mass is 16.5. The van der Waals surface area contributed by atoms with Gasteiger partial charge in [-0.2, -0.15) is 4.98 Å². The number of ether oxygens (including phenoxy) is 1. The molecule has 4 rings (SSSR count). The van der Waals surface area contributed by atoms with Crippen LogP contribution in [0, 0.1) is 0 Å². The van der Waals surface area contributed by atoms with Crippen LogP contribution in [0.3, 0.4) is 0 Å². The number of nitrogens with zero attached hydrogens (tertiary/aromatic N) is 3. The molecule has 1 aliphatic rings. The van der Waals surface area contributed by atoms with Crippen LogP contribution < -0.4 is 15.8 Å². The predicted molar refractivity (Wildman–Crippen MR) is 123 cm³/mol. The molecule has 0 atom stereocenters. The van der Waals surface area contributed by atoms with E-state index in [1.807, 2.05) is 30.5 Å². The summed E-state index contributed by atoms with van der Waals surface area (Å²) in [5.41, 5.74) is 11.1. The van der Waals surface area contributed by atoms with Crippen LogP contribution in [-0.2, 0) is 11.3 Å². The Morgan fingerprint density at radius 2 is 2.03 bits per heavy atom. The summed E-state index contributed by atoms with van der Waals surface area (Å²) in [6, 6.07) is 13.9. The molecule has 0 unspecified atom stereocenters. The molecule has 0 radical (unpaired) electrons. The van der Waals surface area contributed by atoms with Gasteiger partial charge in [-0.25, -0.2) is 4.98 Å². The first-order valence-corrected chi connectivity index (χ1v) is 9.48. The number of hydrogen-bond acceptors (Lipinski definition) is 7. The number of carbonyl (C=O) groups is 1. The second-order valence-electron chi connectivity index (χ2n) is 6.66. The molecule has 0 saturated carbocycles. The van der Waals surface area contributed by atoms with Crippen LogP contribution in [0.1, 0.15) is 29.2 Å². The van der Waals surface area contributed by atoms with E-state index in [0.717, 1.165) is 35.1 Å². The number of benzene rings is 2. The van der Waals surface area contributed by atoms with Gasteiger partial charge >= 0.3 is 0 Å². The first-order valence-electron chi connectivity index (χ1n) is 9.48. The summed E-state index contributed by atoms with van der Waals surface area (Å²) in [4.78, 5) is 21.5. The number of anilines is 3. The number of aliphatic carboxylic acids is 1. The molecule has 2 aromatic carbocycles. The maximum absolute atomic E-state index is 9.00. The van der Waals surface area contributed by atoms with Gasteiger partial charge in [-0.3, -0.25) is 9.79 Å². The van der Waals surface area contributed by atoms with Crippen LogP contribution in [0.2, 0.25) is 0 Å². The van der Waals surface area contributed by atoms with Gasteiger partial charge in [0.05, 0.1) is 13.7 Å². The molecule has 3 aromatic rings. The van der Waals surface area contributed by atoms with Crippen molar-refractivity contribution in [3.63, 3.8) is 0 Å². The van der Waals surface area contributed by atoms with Gasteiger partial charge < -0.3 is 20.9 Å². The van der Waals surface area contributed by atoms with E-state index in [-0.39, 0.29) is 5.95 Å². The van der Waals surface area contributed by atoms with Gasteiger partial charge in [-0.15, -0.1) is 0 Å². The zero-order chi connectivity index (χ0) is 22.2. The van der Waals surface area contributed by atoms with E-state index in [0.29, 0.717) is 12.4 Å². The van der Waals surface area contributed by atoms with Gasteiger partial charge in [0.1, 0.15) is 11.6 Å². The number of nitrogen functional groups attached to an aromatic ring is 1. The molecule has 1 aromatic heterocycles. The molecule has 0 saturated heterocycles. The molecule has 2 heterocycles. The third-order valence-corrected chi connectivity index (χ3v) is 4.29. The minimum absolute atomic E-state index is 0.237. The molecule has 0 spiro atoms. The number of hydrogen-bond donors (Lipinski definition) is 3. The van der Waals surface area contributed by atoms with Gasteiger partial charge in [0, 0.05) is 25.0 Å². The lowest BCUT2D eigenvalue weighted by molar-refractivity contribution is -0.134. The summed E-state index contributed by atoms with van der Waals surface area (Å²) >= 11 is 0. The number of methoxy groups -OCH3 is 1. The largest absolute Gasteiger partial charge is 0.497 e. The summed E-state index contributed by atoms with van der Waals surface area (Å²) in [7, 11) is 1.67. The van der Waals surface area contributed by atoms with Gasteiger partial charge in [-0.05, 0) is 52.6 Å². The average Bonchev–Trinajstić information content (AvgIpc) is 3.20. The molecule has 0 bridgehead atoms. The van der Waals surface area contributed by atoms with Crippen molar-refractivity contribution in [1.29, 1.82) is 0 Å². The Morgan fingerprint density at radius 3 is 2.77 bits per heavy atom. The van der Waals surface area contributed by atoms with Gasteiger partial charge in [-0.1, -0.05) is 24.3 Å². The molecule has 0 aliphatic carbocycles. The van der Waals surface area contributed by atoms with E-state index in [2.05, 4.69) is 44.6 Å². The lowest BCUT2D eigenvalue weighted by atomic mass is 10.0. The fourth-order valence-corrected chi connectivity index (χ4v) is 2.99. The highest BCUT2D eigenvalue weighted by Crippen LogP contribution is 2.28. The summed E-state index contributed by atoms with van der Waals surface area (Å²) < 4.78 is 5.29. The fourth-order valence-electron chi connectivity index (χ4n) is 2.99. The number of carboxylic acid groups (broad SMARTS) is 1. The lowest BCUT2D eigenvalue weighted by Crippen LogP contribution is -2.00. The Morgan fingerprint density at radius 1 is 1.23 bits per heavy atom. The second-order valence-corrected chi connectivity index (χ2v) is 6.66. The Bertz CT molecular complexity index is 1140. The van der Waals surface area contributed by atoms with Crippen molar-refractivity contribution >= 4 is 41.8 Å². The number of aliphatic imine (C=N–C) groups is 1. The minimum atomic E-state index is -0.833. The zero-order valence-electron chi connectivity index (χ0n) is 17.2. The number of carboxylic acids is 1. The second kappa shape index (κ2) is 10.0. The van der Waals surface area contributed by atoms with Crippen molar-refractivity contribution in [3.8, 4) is 5.75 Å². The van der Waals surface area contributed by atoms with Crippen molar-refractivity contribution in [2.24, 2.45) is 4.99 Å². The monoisotopic (exact) mass is 417 g/mol. The molecule has 1 aliphatic heterocycles. The van der Waals surface area contributed by atoms with Crippen molar-refractivity contribution in [3.05, 3.63) is 70.9 Å². The molecule has 31 heavy (non-hydrogen) atoms. The number of fused-ring (bicyclic) bond motifs is 1. The predicted octanol–water partition coefficient (Wildman–Crippen LogP) is 4.00. The lowest BCUT2D eigenvalue weighted by Gasteiger charge is -2.10. The quantitative estimate of drug-likeness (QED) is 0.536. The Hall–Kier alpha value is -4.20. The topological polar surface area (TPSA) is 123 Å². The fraction of sp³-hybridized carbons (Fsp3) is 0.130. The van der Waals surface area contributed by atoms with Gasteiger partial charge in [0.15, 0.2) is 0 Å². The van der Waals surface area contributed by atoms with E-state index in [1.165, 1.54) is 5.56 Å². The molecular weight excluding hydrogens is 394 g/mol. The van der Waals surface area contributed by atoms with E-state index < -0.39 is 5.97 Å². The van der Waals surface area contributed by atoms with E-state index in [1.54, 1.807) is 19.4 Å². The number of rotatable bonds is 5. The third-order valence-electron chi connectivity index (χ3n) is 4.29. The molecule has 158 valence electrons. The van der Waals surface area contributed by atoms with Crippen LogP contribution >= 0.6 is 0 Å². The van der Waals surface area contributed by atoms with Crippen LogP contribution in [0.15, 0.2) is 53.7 Å². The number of nitrogens with one attached hydrogen (secondary N) is 1. The molecule has 0 amide bonds. The highest BCUT2D eigenvalue weighted by Gasteiger charge is 2.12. The Balaban J connectivity index is 0.000000628. The minimum Gasteiger partial charge on any atom is -0.497 e. The zero-order valence-corrected chi connectivity index (χ0v) is 17.2. The molecular formula is C23H23N5O3. The first-order chi connectivity index (χ1) is 14.9. The molecule has 4 N–H and O–H groups in total. The molecule has 8 heteroatoms. The van der Waals surface area contributed by atoms with Gasteiger partial charge in [0.25, 0.3) is 5.97 Å². The van der Waals surface area contributed by atoms with Crippen molar-refractivity contribution in [1.82, 2.24) is 9.97 Å². The van der Waals surface area contributed by atoms with Crippen LogP contribution in [0.4, 0.5) is 17.5 Å². The normalized spacial score (nSPS) is 11.5. The average molecular weight is 417 g/mol.